The van der Waals surface area contributed by atoms with Gasteiger partial charge in [0.1, 0.15) is 12.2 Å². The maximum absolute atomic E-state index is 13.1. The second-order valence-electron chi connectivity index (χ2n) is 17.0. The van der Waals surface area contributed by atoms with Gasteiger partial charge in [0.15, 0.2) is 0 Å². The Balaban J connectivity index is 2.71. The Kier molecular flexibility index (Phi) is 32.8. The summed E-state index contributed by atoms with van der Waals surface area (Å²) < 4.78 is 28.8. The molecule has 59 heavy (non-hydrogen) atoms. The van der Waals surface area contributed by atoms with Gasteiger partial charge in [0.2, 0.25) is 0 Å². The molecule has 11 heteroatoms. The van der Waals surface area contributed by atoms with Gasteiger partial charge in [-0.15, -0.1) is 0 Å². The Morgan fingerprint density at radius 1 is 0.593 bits per heavy atom. The molecule has 0 heterocycles. The molecule has 0 aromatic rings. The minimum Gasteiger partial charge on any atom is -0.466 e. The van der Waals surface area contributed by atoms with E-state index >= 15 is 0 Å². The van der Waals surface area contributed by atoms with E-state index in [1.54, 1.807) is 0 Å². The van der Waals surface area contributed by atoms with Gasteiger partial charge < -0.3 is 28.6 Å². The highest BCUT2D eigenvalue weighted by Gasteiger charge is 2.39. The van der Waals surface area contributed by atoms with Crippen molar-refractivity contribution in [2.45, 2.75) is 207 Å². The van der Waals surface area contributed by atoms with Crippen molar-refractivity contribution < 1.29 is 47.7 Å². The van der Waals surface area contributed by atoms with Gasteiger partial charge in [-0.2, -0.15) is 0 Å². The second-order valence-corrected chi connectivity index (χ2v) is 17.0. The summed E-state index contributed by atoms with van der Waals surface area (Å²) >= 11 is 0. The van der Waals surface area contributed by atoms with Crippen molar-refractivity contribution in [2.75, 3.05) is 40.5 Å². The number of unbranched alkanes of at least 4 members (excludes halogenated alkanes) is 10. The van der Waals surface area contributed by atoms with Crippen molar-refractivity contribution >= 4 is 29.8 Å². The van der Waals surface area contributed by atoms with Gasteiger partial charge in [0.05, 0.1) is 26.2 Å². The number of nitrogens with zero attached hydrogens (tertiary/aromatic N) is 1. The van der Waals surface area contributed by atoms with E-state index in [2.05, 4.69) is 39.8 Å². The lowest BCUT2D eigenvalue weighted by Crippen LogP contribution is -2.28. The van der Waals surface area contributed by atoms with Gasteiger partial charge in [0.25, 0.3) is 0 Å². The van der Waals surface area contributed by atoms with Crippen LogP contribution in [-0.2, 0) is 47.7 Å². The van der Waals surface area contributed by atoms with Crippen LogP contribution in [0.15, 0.2) is 12.2 Å². The standard InChI is InChI=1S/C48H85NO10/c1-7-11-15-16-17-21-25-41(33-35-55-48(54)36-40-30-31-43(42(40)26-18-12-8-2)59-47(53)32-34-49(5)6)58-46(52)29-23-22-24-39(37-56-44(50)27-19-13-9-3)38-57-45(51)28-20-14-10-4/h12,18,39-43H,7-11,13-17,19-38H2,1-6H3/b18-12-. The highest BCUT2D eigenvalue weighted by molar-refractivity contribution is 5.71. The molecule has 11 nitrogen and oxygen atoms in total. The van der Waals surface area contributed by atoms with Crippen molar-refractivity contribution in [1.82, 2.24) is 4.90 Å². The van der Waals surface area contributed by atoms with E-state index in [0.29, 0.717) is 51.5 Å². The lowest BCUT2D eigenvalue weighted by molar-refractivity contribution is -0.153. The van der Waals surface area contributed by atoms with Crippen LogP contribution in [0, 0.1) is 17.8 Å². The second kappa shape index (κ2) is 35.8. The highest BCUT2D eigenvalue weighted by atomic mass is 16.6. The molecule has 1 aliphatic carbocycles. The van der Waals surface area contributed by atoms with Gasteiger partial charge in [-0.1, -0.05) is 104 Å². The number of carbonyl (C=O) groups excluding carboxylic acids is 5. The van der Waals surface area contributed by atoms with E-state index in [9.17, 15) is 24.0 Å². The molecule has 0 bridgehead atoms. The number of hydrogen-bond donors (Lipinski definition) is 0. The zero-order valence-corrected chi connectivity index (χ0v) is 38.3. The third kappa shape index (κ3) is 29.0. The summed E-state index contributed by atoms with van der Waals surface area (Å²) in [5, 5.41) is 0. The number of carbonyl (C=O) groups is 5. The van der Waals surface area contributed by atoms with E-state index in [1.807, 2.05) is 19.0 Å². The highest BCUT2D eigenvalue weighted by Crippen LogP contribution is 2.39. The first-order valence-corrected chi connectivity index (χ1v) is 23.7. The molecule has 0 spiro atoms. The SMILES string of the molecule is CC/C=C\CC1C(CC(=O)OCCC(CCCCCCCC)OC(=O)CCCCC(COC(=O)CCCCC)COC(=O)CCCCC)CCC1OC(=O)CCN(C)C. The van der Waals surface area contributed by atoms with Crippen molar-refractivity contribution in [3.05, 3.63) is 12.2 Å². The van der Waals surface area contributed by atoms with Crippen LogP contribution in [0.2, 0.25) is 0 Å². The van der Waals surface area contributed by atoms with Crippen LogP contribution in [0.25, 0.3) is 0 Å². The van der Waals surface area contributed by atoms with Crippen molar-refractivity contribution in [1.29, 1.82) is 0 Å². The summed E-state index contributed by atoms with van der Waals surface area (Å²) in [5.41, 5.74) is 0. The van der Waals surface area contributed by atoms with E-state index in [0.717, 1.165) is 89.9 Å². The van der Waals surface area contributed by atoms with Crippen LogP contribution in [0.4, 0.5) is 0 Å². The molecule has 0 amide bonds. The molecule has 0 aromatic carbocycles. The normalized spacial score (nSPS) is 17.1. The fraction of sp³-hybridized carbons (Fsp3) is 0.854. The third-order valence-corrected chi connectivity index (χ3v) is 11.2. The summed E-state index contributed by atoms with van der Waals surface area (Å²) in [5.74, 6) is -1.18. The molecule has 342 valence electrons. The van der Waals surface area contributed by atoms with Crippen LogP contribution >= 0.6 is 0 Å². The van der Waals surface area contributed by atoms with Crippen LogP contribution < -0.4 is 0 Å². The number of rotatable bonds is 37. The van der Waals surface area contributed by atoms with Crippen LogP contribution in [0.5, 0.6) is 0 Å². The average molecular weight is 836 g/mol. The van der Waals surface area contributed by atoms with E-state index < -0.39 is 0 Å². The summed E-state index contributed by atoms with van der Waals surface area (Å²) in [7, 11) is 3.86. The van der Waals surface area contributed by atoms with E-state index in [4.69, 9.17) is 23.7 Å². The lowest BCUT2D eigenvalue weighted by atomic mass is 9.88. The predicted molar refractivity (Wildman–Crippen MR) is 234 cm³/mol. The molecule has 4 atom stereocenters. The maximum atomic E-state index is 13.1. The third-order valence-electron chi connectivity index (χ3n) is 11.2. The first-order chi connectivity index (χ1) is 28.5. The summed E-state index contributed by atoms with van der Waals surface area (Å²) in [6, 6.07) is 0. The topological polar surface area (TPSA) is 135 Å². The number of ether oxygens (including phenoxy) is 5. The Bertz CT molecular complexity index is 1130. The van der Waals surface area contributed by atoms with Crippen molar-refractivity contribution in [3.8, 4) is 0 Å². The van der Waals surface area contributed by atoms with E-state index in [-0.39, 0.29) is 92.5 Å². The zero-order valence-electron chi connectivity index (χ0n) is 38.3. The van der Waals surface area contributed by atoms with Gasteiger partial charge >= 0.3 is 29.8 Å². The van der Waals surface area contributed by atoms with Crippen LogP contribution in [-0.4, -0.2) is 87.4 Å². The maximum Gasteiger partial charge on any atom is 0.307 e. The Labute approximate surface area is 358 Å². The summed E-state index contributed by atoms with van der Waals surface area (Å²) in [6.07, 6.45) is 24.1. The number of hydrogen-bond acceptors (Lipinski definition) is 11. The largest absolute Gasteiger partial charge is 0.466 e. The van der Waals surface area contributed by atoms with Crippen molar-refractivity contribution in [3.63, 3.8) is 0 Å². The summed E-state index contributed by atoms with van der Waals surface area (Å²) in [6.45, 7) is 9.66. The number of esters is 5. The molecule has 1 rings (SSSR count). The molecule has 0 aromatic heterocycles. The molecule has 0 aliphatic heterocycles. The smallest absolute Gasteiger partial charge is 0.307 e. The first kappa shape index (κ1) is 54.1. The zero-order chi connectivity index (χ0) is 43.5. The van der Waals surface area contributed by atoms with Crippen molar-refractivity contribution in [2.24, 2.45) is 17.8 Å². The van der Waals surface area contributed by atoms with Crippen LogP contribution in [0.3, 0.4) is 0 Å². The Hall–Kier alpha value is -2.95. The Morgan fingerprint density at radius 3 is 1.80 bits per heavy atom. The van der Waals surface area contributed by atoms with Gasteiger partial charge in [-0.05, 0) is 84.2 Å². The molecule has 1 fully saturated rings. The Morgan fingerprint density at radius 2 is 1.17 bits per heavy atom. The molecular weight excluding hydrogens is 751 g/mol. The minimum atomic E-state index is -0.335. The number of allylic oxidation sites excluding steroid dienone is 2. The minimum absolute atomic E-state index is 0.0708. The molecule has 4 unspecified atom stereocenters. The first-order valence-electron chi connectivity index (χ1n) is 23.7. The van der Waals surface area contributed by atoms with Gasteiger partial charge in [0, 0.05) is 50.5 Å². The molecule has 0 saturated heterocycles. The molecule has 1 aliphatic rings. The van der Waals surface area contributed by atoms with Gasteiger partial charge in [-0.3, -0.25) is 24.0 Å². The quantitative estimate of drug-likeness (QED) is 0.0256. The fourth-order valence-corrected chi connectivity index (χ4v) is 7.58. The van der Waals surface area contributed by atoms with Gasteiger partial charge in [-0.25, -0.2) is 0 Å². The molecule has 1 saturated carbocycles. The van der Waals surface area contributed by atoms with Crippen LogP contribution in [0.1, 0.15) is 195 Å². The average Bonchev–Trinajstić information content (AvgIpc) is 3.57. The molecule has 0 N–H and O–H groups in total. The molecule has 0 radical (unpaired) electrons. The molecular formula is C48H85NO10. The monoisotopic (exact) mass is 836 g/mol. The fourth-order valence-electron chi connectivity index (χ4n) is 7.58. The lowest BCUT2D eigenvalue weighted by Gasteiger charge is -2.24. The van der Waals surface area contributed by atoms with E-state index in [1.165, 1.54) is 19.3 Å². The summed E-state index contributed by atoms with van der Waals surface area (Å²) in [4.78, 5) is 65.3. The predicted octanol–water partition coefficient (Wildman–Crippen LogP) is 10.6.